The zero-order valence-electron chi connectivity index (χ0n) is 7.76. The minimum Gasteiger partial charge on any atom is -0.215 e. The van der Waals surface area contributed by atoms with Gasteiger partial charge in [0.1, 0.15) is 0 Å². The van der Waals surface area contributed by atoms with Gasteiger partial charge < -0.3 is 0 Å². The lowest BCUT2D eigenvalue weighted by Crippen LogP contribution is -2.22. The monoisotopic (exact) mass is 191 g/mol. The minimum absolute atomic E-state index is 0.534. The fourth-order valence-electron chi connectivity index (χ4n) is 0.809. The number of hydrogen-bond acceptors (Lipinski definition) is 2. The summed E-state index contributed by atoms with van der Waals surface area (Å²) >= 11 is 0. The van der Waals surface area contributed by atoms with Crippen LogP contribution in [0, 0.1) is 0 Å². The summed E-state index contributed by atoms with van der Waals surface area (Å²) in [5.41, 5.74) is 1.15. The van der Waals surface area contributed by atoms with Crippen LogP contribution in [0.1, 0.15) is 26.2 Å². The van der Waals surface area contributed by atoms with E-state index in [1.54, 1.807) is 0 Å². The second-order valence-corrected chi connectivity index (χ2v) is 4.91. The molecule has 0 aromatic rings. The highest BCUT2D eigenvalue weighted by molar-refractivity contribution is 7.88. The molecule has 0 saturated carbocycles. The van der Waals surface area contributed by atoms with Crippen LogP contribution in [0.4, 0.5) is 0 Å². The number of unbranched alkanes of at least 4 members (excludes halogenated alkanes) is 1. The van der Waals surface area contributed by atoms with Gasteiger partial charge in [0.25, 0.3) is 0 Å². The van der Waals surface area contributed by atoms with Crippen LogP contribution in [-0.2, 0) is 10.0 Å². The zero-order chi connectivity index (χ0) is 9.61. The lowest BCUT2D eigenvalue weighted by Gasteiger charge is -2.01. The molecule has 0 aromatic carbocycles. The molecule has 0 saturated heterocycles. The third-order valence-electron chi connectivity index (χ3n) is 1.39. The Morgan fingerprint density at radius 2 is 2.00 bits per heavy atom. The van der Waals surface area contributed by atoms with Crippen molar-refractivity contribution in [2.24, 2.45) is 0 Å². The Morgan fingerprint density at radius 1 is 1.42 bits per heavy atom. The maximum absolute atomic E-state index is 10.6. The molecule has 0 bridgehead atoms. The number of sulfonamides is 1. The van der Waals surface area contributed by atoms with Gasteiger partial charge in [-0.25, -0.2) is 13.1 Å². The molecule has 0 spiro atoms. The van der Waals surface area contributed by atoms with Gasteiger partial charge in [0.2, 0.25) is 10.0 Å². The lowest BCUT2D eigenvalue weighted by molar-refractivity contribution is 0.582. The van der Waals surface area contributed by atoms with Gasteiger partial charge in [0.15, 0.2) is 0 Å². The van der Waals surface area contributed by atoms with E-state index >= 15 is 0 Å². The van der Waals surface area contributed by atoms with Gasteiger partial charge in [-0.3, -0.25) is 0 Å². The summed E-state index contributed by atoms with van der Waals surface area (Å²) in [5, 5.41) is 0. The van der Waals surface area contributed by atoms with E-state index < -0.39 is 10.0 Å². The molecule has 0 aliphatic heterocycles. The quantitative estimate of drug-likeness (QED) is 0.508. The Kier molecular flexibility index (Phi) is 5.17. The van der Waals surface area contributed by atoms with Gasteiger partial charge in [-0.2, -0.15) is 0 Å². The van der Waals surface area contributed by atoms with E-state index in [4.69, 9.17) is 0 Å². The molecule has 0 aliphatic rings. The molecule has 0 heterocycles. The van der Waals surface area contributed by atoms with Crippen molar-refractivity contribution >= 4 is 10.0 Å². The second-order valence-electron chi connectivity index (χ2n) is 3.08. The summed E-state index contributed by atoms with van der Waals surface area (Å²) in [6.45, 7) is 6.27. The molecule has 0 rings (SSSR count). The van der Waals surface area contributed by atoms with Crippen LogP contribution in [0.5, 0.6) is 0 Å². The molecular weight excluding hydrogens is 174 g/mol. The van der Waals surface area contributed by atoms with Crippen LogP contribution in [0.2, 0.25) is 0 Å². The third-order valence-corrected chi connectivity index (χ3v) is 2.12. The average Bonchev–Trinajstić information content (AvgIpc) is 1.83. The molecule has 0 radical (unpaired) electrons. The van der Waals surface area contributed by atoms with Crippen molar-refractivity contribution in [1.82, 2.24) is 4.72 Å². The molecule has 12 heavy (non-hydrogen) atoms. The number of allylic oxidation sites excluding steroid dienone is 1. The fourth-order valence-corrected chi connectivity index (χ4v) is 1.32. The molecule has 0 aromatic heterocycles. The maximum Gasteiger partial charge on any atom is 0.208 e. The number of hydrogen-bond donors (Lipinski definition) is 1. The normalized spacial score (nSPS) is 11.5. The fraction of sp³-hybridized carbons (Fsp3) is 0.750. The average molecular weight is 191 g/mol. The van der Waals surface area contributed by atoms with Crippen LogP contribution < -0.4 is 4.72 Å². The van der Waals surface area contributed by atoms with Crippen molar-refractivity contribution in [3.05, 3.63) is 12.2 Å². The first-order valence-corrected chi connectivity index (χ1v) is 5.90. The predicted octanol–water partition coefficient (Wildman–Crippen LogP) is 1.28. The lowest BCUT2D eigenvalue weighted by atomic mass is 10.1. The Labute approximate surface area is 74.9 Å². The van der Waals surface area contributed by atoms with Gasteiger partial charge >= 0.3 is 0 Å². The van der Waals surface area contributed by atoms with Crippen LogP contribution in [0.15, 0.2) is 12.2 Å². The summed E-state index contributed by atoms with van der Waals surface area (Å²) < 4.78 is 23.6. The van der Waals surface area contributed by atoms with Crippen LogP contribution in [0.25, 0.3) is 0 Å². The van der Waals surface area contributed by atoms with E-state index in [2.05, 4.69) is 11.3 Å². The molecule has 0 aliphatic carbocycles. The van der Waals surface area contributed by atoms with Crippen molar-refractivity contribution in [3.63, 3.8) is 0 Å². The summed E-state index contributed by atoms with van der Waals surface area (Å²) in [7, 11) is -3.00. The Morgan fingerprint density at radius 3 is 2.42 bits per heavy atom. The molecule has 72 valence electrons. The highest BCUT2D eigenvalue weighted by Gasteiger charge is 1.97. The second kappa shape index (κ2) is 5.32. The summed E-state index contributed by atoms with van der Waals surface area (Å²) in [5.74, 6) is 0. The number of nitrogens with one attached hydrogen (secondary N) is 1. The molecule has 0 atom stereocenters. The number of rotatable bonds is 6. The maximum atomic E-state index is 10.6. The van der Waals surface area contributed by atoms with Gasteiger partial charge in [-0.1, -0.05) is 5.57 Å². The molecule has 0 unspecified atom stereocenters. The van der Waals surface area contributed by atoms with Crippen molar-refractivity contribution in [1.29, 1.82) is 0 Å². The van der Waals surface area contributed by atoms with Gasteiger partial charge in [0.05, 0.1) is 6.26 Å². The standard InChI is InChI=1S/C8H17NO2S/c1-8(2)6-4-5-7-9-12(3,10)11/h9H,1,4-7H2,2-3H3. The van der Waals surface area contributed by atoms with Crippen LogP contribution in [0.3, 0.4) is 0 Å². The van der Waals surface area contributed by atoms with E-state index in [1.165, 1.54) is 6.26 Å². The minimum atomic E-state index is -3.00. The molecule has 1 N–H and O–H groups in total. The van der Waals surface area contributed by atoms with Gasteiger partial charge in [0, 0.05) is 6.54 Å². The summed E-state index contributed by atoms with van der Waals surface area (Å²) in [6.07, 6.45) is 4.02. The van der Waals surface area contributed by atoms with E-state index in [0.717, 1.165) is 24.8 Å². The van der Waals surface area contributed by atoms with Gasteiger partial charge in [-0.15, -0.1) is 6.58 Å². The SMILES string of the molecule is C=C(C)CCCCNS(C)(=O)=O. The first kappa shape index (κ1) is 11.6. The molecule has 4 heteroatoms. The van der Waals surface area contributed by atoms with E-state index in [0.29, 0.717) is 6.54 Å². The van der Waals surface area contributed by atoms with E-state index in [9.17, 15) is 8.42 Å². The molecular formula is C8H17NO2S. The smallest absolute Gasteiger partial charge is 0.208 e. The Balaban J connectivity index is 3.29. The summed E-state index contributed by atoms with van der Waals surface area (Å²) in [6, 6.07) is 0. The van der Waals surface area contributed by atoms with Crippen molar-refractivity contribution in [2.45, 2.75) is 26.2 Å². The Hall–Kier alpha value is -0.350. The van der Waals surface area contributed by atoms with E-state index in [1.807, 2.05) is 6.92 Å². The first-order valence-electron chi connectivity index (χ1n) is 4.01. The zero-order valence-corrected chi connectivity index (χ0v) is 8.58. The van der Waals surface area contributed by atoms with Gasteiger partial charge in [-0.05, 0) is 26.2 Å². The van der Waals surface area contributed by atoms with E-state index in [-0.39, 0.29) is 0 Å². The molecule has 3 nitrogen and oxygen atoms in total. The Bertz CT molecular complexity index is 231. The highest BCUT2D eigenvalue weighted by atomic mass is 32.2. The first-order chi connectivity index (χ1) is 5.42. The van der Waals surface area contributed by atoms with Crippen molar-refractivity contribution in [2.75, 3.05) is 12.8 Å². The molecule has 0 amide bonds. The largest absolute Gasteiger partial charge is 0.215 e. The highest BCUT2D eigenvalue weighted by Crippen LogP contribution is 2.02. The molecule has 0 fully saturated rings. The summed E-state index contributed by atoms with van der Waals surface area (Å²) in [4.78, 5) is 0. The topological polar surface area (TPSA) is 46.2 Å². The van der Waals surface area contributed by atoms with Crippen LogP contribution >= 0.6 is 0 Å². The van der Waals surface area contributed by atoms with Crippen molar-refractivity contribution in [3.8, 4) is 0 Å². The van der Waals surface area contributed by atoms with Crippen LogP contribution in [-0.4, -0.2) is 21.2 Å². The van der Waals surface area contributed by atoms with Crippen molar-refractivity contribution < 1.29 is 8.42 Å². The third kappa shape index (κ3) is 9.65. The predicted molar refractivity (Wildman–Crippen MR) is 51.5 cm³/mol.